The lowest BCUT2D eigenvalue weighted by molar-refractivity contribution is 0.596. The first-order valence-electron chi connectivity index (χ1n) is 4.55. The molecule has 86 valence electrons. The highest BCUT2D eigenvalue weighted by atomic mass is 79.9. The highest BCUT2D eigenvalue weighted by Gasteiger charge is 2.07. The van der Waals surface area contributed by atoms with Gasteiger partial charge in [0, 0.05) is 10.5 Å². The van der Waals surface area contributed by atoms with Crippen LogP contribution >= 0.6 is 28.3 Å². The lowest BCUT2D eigenvalue weighted by atomic mass is 10.0. The second kappa shape index (κ2) is 7.17. The molecule has 0 aromatic heterocycles. The van der Waals surface area contributed by atoms with Gasteiger partial charge in [-0.15, -0.1) is 12.4 Å². The molecule has 1 aromatic carbocycles. The van der Waals surface area contributed by atoms with Crippen molar-refractivity contribution in [1.29, 1.82) is 0 Å². The van der Waals surface area contributed by atoms with E-state index in [0.717, 1.165) is 22.9 Å². The van der Waals surface area contributed by atoms with Crippen LogP contribution in [0.3, 0.4) is 0 Å². The van der Waals surface area contributed by atoms with Crippen molar-refractivity contribution in [3.8, 4) is 0 Å². The maximum atomic E-state index is 13.0. The van der Waals surface area contributed by atoms with E-state index in [1.807, 2.05) is 6.07 Å². The van der Waals surface area contributed by atoms with E-state index < -0.39 is 0 Å². The molecule has 1 aromatic rings. The first-order valence-corrected chi connectivity index (χ1v) is 5.34. The molecule has 0 aliphatic carbocycles. The second-order valence-electron chi connectivity index (χ2n) is 3.24. The van der Waals surface area contributed by atoms with Crippen LogP contribution in [-0.4, -0.2) is 6.54 Å². The van der Waals surface area contributed by atoms with E-state index in [0.29, 0.717) is 6.54 Å². The summed E-state index contributed by atoms with van der Waals surface area (Å²) in [6, 6.07) is 4.58. The van der Waals surface area contributed by atoms with Crippen molar-refractivity contribution in [2.75, 3.05) is 6.54 Å². The molecule has 0 aliphatic heterocycles. The van der Waals surface area contributed by atoms with E-state index in [2.05, 4.69) is 15.9 Å². The minimum Gasteiger partial charge on any atom is -0.330 e. The van der Waals surface area contributed by atoms with E-state index in [4.69, 9.17) is 11.5 Å². The molecule has 0 fully saturated rings. The lowest BCUT2D eigenvalue weighted by Crippen LogP contribution is -2.12. The quantitative estimate of drug-likeness (QED) is 0.898. The first-order chi connectivity index (χ1) is 6.63. The van der Waals surface area contributed by atoms with Gasteiger partial charge in [0.05, 0.1) is 0 Å². The van der Waals surface area contributed by atoms with Crippen LogP contribution in [-0.2, 0) is 0 Å². The average Bonchev–Trinajstić information content (AvgIpc) is 2.12. The van der Waals surface area contributed by atoms with Crippen molar-refractivity contribution in [3.63, 3.8) is 0 Å². The topological polar surface area (TPSA) is 52.0 Å². The van der Waals surface area contributed by atoms with Gasteiger partial charge in [-0.05, 0) is 43.1 Å². The van der Waals surface area contributed by atoms with E-state index in [1.54, 1.807) is 0 Å². The van der Waals surface area contributed by atoms with Crippen molar-refractivity contribution in [3.05, 3.63) is 34.1 Å². The van der Waals surface area contributed by atoms with Crippen molar-refractivity contribution in [1.82, 2.24) is 0 Å². The number of hydrogen-bond acceptors (Lipinski definition) is 2. The normalized spacial score (nSPS) is 12.0. The molecule has 1 atom stereocenters. The van der Waals surface area contributed by atoms with Gasteiger partial charge in [-0.1, -0.05) is 15.9 Å². The number of rotatable bonds is 4. The van der Waals surface area contributed by atoms with Gasteiger partial charge in [-0.3, -0.25) is 0 Å². The summed E-state index contributed by atoms with van der Waals surface area (Å²) in [6.45, 7) is 0.615. The molecule has 0 saturated heterocycles. The Kier molecular flexibility index (Phi) is 7.09. The zero-order valence-electron chi connectivity index (χ0n) is 8.25. The largest absolute Gasteiger partial charge is 0.330 e. The summed E-state index contributed by atoms with van der Waals surface area (Å²) in [5, 5.41) is 0. The molecule has 0 heterocycles. The van der Waals surface area contributed by atoms with Crippen LogP contribution < -0.4 is 11.5 Å². The minimum atomic E-state index is -0.266. The monoisotopic (exact) mass is 296 g/mol. The van der Waals surface area contributed by atoms with E-state index in [1.165, 1.54) is 12.1 Å². The van der Waals surface area contributed by atoms with E-state index in [-0.39, 0.29) is 24.3 Å². The van der Waals surface area contributed by atoms with Crippen molar-refractivity contribution in [2.24, 2.45) is 11.5 Å². The van der Waals surface area contributed by atoms with Gasteiger partial charge in [0.25, 0.3) is 0 Å². The molecule has 0 bridgehead atoms. The Balaban J connectivity index is 0.00000196. The Labute approximate surface area is 104 Å². The molecule has 5 heteroatoms. The fourth-order valence-electron chi connectivity index (χ4n) is 1.29. The van der Waals surface area contributed by atoms with Gasteiger partial charge in [0.2, 0.25) is 0 Å². The summed E-state index contributed by atoms with van der Waals surface area (Å²) in [5.41, 5.74) is 12.1. The van der Waals surface area contributed by atoms with Gasteiger partial charge >= 0.3 is 0 Å². The molecule has 1 rings (SSSR count). The third kappa shape index (κ3) is 4.93. The molecule has 4 N–H and O–H groups in total. The smallest absolute Gasteiger partial charge is 0.124 e. The number of halogens is 3. The minimum absolute atomic E-state index is 0. The molecular formula is C10H15BrClFN2. The Morgan fingerprint density at radius 3 is 2.53 bits per heavy atom. The molecule has 0 radical (unpaired) electrons. The molecule has 0 aliphatic rings. The first kappa shape index (κ1) is 14.8. The number of nitrogens with two attached hydrogens (primary N) is 2. The fourth-order valence-corrected chi connectivity index (χ4v) is 1.78. The third-order valence-corrected chi connectivity index (χ3v) is 2.49. The SMILES string of the molecule is Cl.NCCC[C@@H](N)c1cc(F)cc(Br)c1. The van der Waals surface area contributed by atoms with Gasteiger partial charge in [-0.25, -0.2) is 4.39 Å². The summed E-state index contributed by atoms with van der Waals surface area (Å²) in [4.78, 5) is 0. The zero-order chi connectivity index (χ0) is 10.6. The predicted molar refractivity (Wildman–Crippen MR) is 66.6 cm³/mol. The molecule has 0 spiro atoms. The van der Waals surface area contributed by atoms with Crippen LogP contribution in [0.4, 0.5) is 4.39 Å². The molecule has 0 unspecified atom stereocenters. The Morgan fingerprint density at radius 1 is 1.33 bits per heavy atom. The fraction of sp³-hybridized carbons (Fsp3) is 0.400. The molecule has 0 amide bonds. The van der Waals surface area contributed by atoms with Crippen LogP contribution in [0.2, 0.25) is 0 Å². The lowest BCUT2D eigenvalue weighted by Gasteiger charge is -2.11. The summed E-state index contributed by atoms with van der Waals surface area (Å²) in [6.07, 6.45) is 1.64. The predicted octanol–water partition coefficient (Wildman–Crippen LogP) is 2.75. The van der Waals surface area contributed by atoms with Gasteiger partial charge in [-0.2, -0.15) is 0 Å². The van der Waals surface area contributed by atoms with Crippen molar-refractivity contribution >= 4 is 28.3 Å². The Bertz CT molecular complexity index is 289. The maximum Gasteiger partial charge on any atom is 0.124 e. The summed E-state index contributed by atoms with van der Waals surface area (Å²) in [7, 11) is 0. The average molecular weight is 298 g/mol. The maximum absolute atomic E-state index is 13.0. The van der Waals surface area contributed by atoms with Gasteiger partial charge in [0.1, 0.15) is 5.82 Å². The van der Waals surface area contributed by atoms with E-state index >= 15 is 0 Å². The summed E-state index contributed by atoms with van der Waals surface area (Å²) >= 11 is 3.23. The number of benzene rings is 1. The molecule has 2 nitrogen and oxygen atoms in total. The molecular weight excluding hydrogens is 282 g/mol. The third-order valence-electron chi connectivity index (χ3n) is 2.03. The number of hydrogen-bond donors (Lipinski definition) is 2. The van der Waals surface area contributed by atoms with Crippen LogP contribution in [0.15, 0.2) is 22.7 Å². The van der Waals surface area contributed by atoms with Crippen molar-refractivity contribution in [2.45, 2.75) is 18.9 Å². The molecule has 0 saturated carbocycles. The van der Waals surface area contributed by atoms with Crippen LogP contribution in [0, 0.1) is 5.82 Å². The van der Waals surface area contributed by atoms with E-state index in [9.17, 15) is 4.39 Å². The highest BCUT2D eigenvalue weighted by Crippen LogP contribution is 2.21. The van der Waals surface area contributed by atoms with Crippen LogP contribution in [0.25, 0.3) is 0 Å². The van der Waals surface area contributed by atoms with Crippen LogP contribution in [0.5, 0.6) is 0 Å². The van der Waals surface area contributed by atoms with Crippen LogP contribution in [0.1, 0.15) is 24.4 Å². The summed E-state index contributed by atoms with van der Waals surface area (Å²) in [5.74, 6) is -0.266. The van der Waals surface area contributed by atoms with Gasteiger partial charge < -0.3 is 11.5 Å². The Morgan fingerprint density at radius 2 is 2.00 bits per heavy atom. The second-order valence-corrected chi connectivity index (χ2v) is 4.16. The Hall–Kier alpha value is -0.160. The summed E-state index contributed by atoms with van der Waals surface area (Å²) < 4.78 is 13.7. The van der Waals surface area contributed by atoms with Gasteiger partial charge in [0.15, 0.2) is 0 Å². The van der Waals surface area contributed by atoms with Crippen molar-refractivity contribution < 1.29 is 4.39 Å². The zero-order valence-corrected chi connectivity index (χ0v) is 10.7. The standard InChI is InChI=1S/C10H14BrFN2.ClH/c11-8-4-7(5-9(12)6-8)10(14)2-1-3-13;/h4-6,10H,1-3,13-14H2;1H/t10-;/m1./s1. The molecule has 15 heavy (non-hydrogen) atoms. The highest BCUT2D eigenvalue weighted by molar-refractivity contribution is 9.10.